The zero-order chi connectivity index (χ0) is 24.4. The number of carbonyl (C=O) groups excluding carboxylic acids is 3. The normalized spacial score (nSPS) is 26.9. The maximum Gasteiger partial charge on any atom is 0.310 e. The first kappa shape index (κ1) is 24.0. The van der Waals surface area contributed by atoms with Gasteiger partial charge in [-0.25, -0.2) is 0 Å². The summed E-state index contributed by atoms with van der Waals surface area (Å²) in [5, 5.41) is 15.1. The molecule has 4 rings (SSSR count). The molecule has 0 saturated carbocycles. The summed E-state index contributed by atoms with van der Waals surface area (Å²) in [5.41, 5.74) is 0.631. The van der Waals surface area contributed by atoms with Gasteiger partial charge in [-0.1, -0.05) is 56.3 Å². The van der Waals surface area contributed by atoms with E-state index in [2.05, 4.69) is 5.32 Å². The summed E-state index contributed by atoms with van der Waals surface area (Å²) in [7, 11) is 0. The number of rotatable bonds is 7. The first-order chi connectivity index (χ1) is 16.4. The van der Waals surface area contributed by atoms with Gasteiger partial charge in [-0.15, -0.1) is 0 Å². The van der Waals surface area contributed by atoms with Gasteiger partial charge in [0.2, 0.25) is 11.8 Å². The summed E-state index contributed by atoms with van der Waals surface area (Å²) < 4.78 is 5.30. The third-order valence-corrected chi connectivity index (χ3v) is 7.13. The molecule has 1 fully saturated rings. The van der Waals surface area contributed by atoms with Crippen LogP contribution in [0.25, 0.3) is 10.8 Å². The fourth-order valence-electron chi connectivity index (χ4n) is 5.43. The predicted molar refractivity (Wildman–Crippen MR) is 130 cm³/mol. The van der Waals surface area contributed by atoms with Crippen LogP contribution in [0.1, 0.15) is 27.2 Å². The van der Waals surface area contributed by atoms with E-state index in [0.717, 1.165) is 10.8 Å². The number of hydrogen-bond acceptors (Lipinski definition) is 5. The highest BCUT2D eigenvalue weighted by Crippen LogP contribution is 2.45. The molecule has 1 heterocycles. The Kier molecular flexibility index (Phi) is 7.03. The van der Waals surface area contributed by atoms with Crippen LogP contribution in [0.3, 0.4) is 0 Å². The molecule has 2 amide bonds. The Morgan fingerprint density at radius 1 is 1.12 bits per heavy atom. The van der Waals surface area contributed by atoms with Crippen LogP contribution in [-0.4, -0.2) is 53.1 Å². The van der Waals surface area contributed by atoms with E-state index in [-0.39, 0.29) is 30.9 Å². The molecule has 1 aliphatic carbocycles. The number of hydrogen-bond donors (Lipinski definition) is 2. The van der Waals surface area contributed by atoms with E-state index >= 15 is 0 Å². The van der Waals surface area contributed by atoms with Crippen molar-refractivity contribution in [1.82, 2.24) is 4.90 Å². The summed E-state index contributed by atoms with van der Waals surface area (Å²) in [6, 6.07) is 12.2. The van der Waals surface area contributed by atoms with Gasteiger partial charge in [-0.2, -0.15) is 0 Å². The summed E-state index contributed by atoms with van der Waals surface area (Å²) >= 11 is 0. The van der Waals surface area contributed by atoms with Crippen molar-refractivity contribution < 1.29 is 24.2 Å². The summed E-state index contributed by atoms with van der Waals surface area (Å²) in [5.74, 6) is -3.08. The summed E-state index contributed by atoms with van der Waals surface area (Å²) in [4.78, 5) is 41.7. The molecule has 2 aromatic rings. The number of carbonyl (C=O) groups is 3. The van der Waals surface area contributed by atoms with Gasteiger partial charge in [0.15, 0.2) is 0 Å². The lowest BCUT2D eigenvalue weighted by Crippen LogP contribution is -2.50. The summed E-state index contributed by atoms with van der Waals surface area (Å²) in [6.45, 7) is 5.46. The van der Waals surface area contributed by atoms with Crippen molar-refractivity contribution in [3.8, 4) is 0 Å². The van der Waals surface area contributed by atoms with E-state index in [1.165, 1.54) is 4.90 Å². The molecular weight excluding hydrogens is 432 g/mol. The highest BCUT2D eigenvalue weighted by Gasteiger charge is 2.58. The zero-order valence-electron chi connectivity index (χ0n) is 19.8. The minimum absolute atomic E-state index is 0.192. The monoisotopic (exact) mass is 464 g/mol. The summed E-state index contributed by atoms with van der Waals surface area (Å²) in [6.07, 6.45) is 4.28. The van der Waals surface area contributed by atoms with Crippen LogP contribution in [-0.2, 0) is 19.1 Å². The molecule has 1 aliphatic heterocycles. The molecule has 0 unspecified atom stereocenters. The molecule has 0 spiro atoms. The lowest BCUT2D eigenvalue weighted by molar-refractivity contribution is -0.155. The van der Waals surface area contributed by atoms with E-state index in [0.29, 0.717) is 12.1 Å². The smallest absolute Gasteiger partial charge is 0.310 e. The second-order valence-corrected chi connectivity index (χ2v) is 9.11. The van der Waals surface area contributed by atoms with Gasteiger partial charge in [0.25, 0.3) is 0 Å². The molecule has 0 bridgehead atoms. The third kappa shape index (κ3) is 4.20. The second-order valence-electron chi connectivity index (χ2n) is 9.11. The van der Waals surface area contributed by atoms with Crippen molar-refractivity contribution in [1.29, 1.82) is 0 Å². The Morgan fingerprint density at radius 3 is 2.53 bits per heavy atom. The van der Waals surface area contributed by atoms with Crippen LogP contribution < -0.4 is 5.32 Å². The quantitative estimate of drug-likeness (QED) is 0.484. The number of nitrogens with zero attached hydrogens (tertiary/aromatic N) is 1. The van der Waals surface area contributed by atoms with Crippen LogP contribution in [0.15, 0.2) is 54.6 Å². The standard InChI is InChI=1S/C27H32N2O5/c1-4-20(15-30)29-24(25(31)28-19-12-11-17-8-6-7-9-18(17)14-19)21-13-10-16(3)22(23(21)26(29)32)27(33)34-5-2/h6-14,16,20-24,30H,4-5,15H2,1-3H3,(H,28,31)/t16-,20+,21+,22-,23+,24+/m1/s1. The SMILES string of the molecule is CCOC(=O)[C@H]1[C@H]2C(=O)N([C@@H](CC)CO)[C@H](C(=O)Nc3ccc4ccccc4c3)[C@H]2C=C[C@H]1C. The molecule has 7 heteroatoms. The van der Waals surface area contributed by atoms with Gasteiger partial charge in [0.05, 0.1) is 31.1 Å². The predicted octanol–water partition coefficient (Wildman–Crippen LogP) is 3.38. The maximum absolute atomic E-state index is 13.7. The lowest BCUT2D eigenvalue weighted by Gasteiger charge is -2.33. The van der Waals surface area contributed by atoms with Crippen molar-refractivity contribution in [3.05, 3.63) is 54.6 Å². The molecular formula is C27H32N2O5. The number of amides is 2. The topological polar surface area (TPSA) is 95.9 Å². The minimum Gasteiger partial charge on any atom is -0.466 e. The van der Waals surface area contributed by atoms with E-state index in [4.69, 9.17) is 4.74 Å². The lowest BCUT2D eigenvalue weighted by atomic mass is 9.70. The number of aliphatic hydroxyl groups excluding tert-OH is 1. The number of benzene rings is 2. The molecule has 0 aromatic heterocycles. The molecule has 2 N–H and O–H groups in total. The van der Waals surface area contributed by atoms with Crippen molar-refractivity contribution in [2.75, 3.05) is 18.5 Å². The average molecular weight is 465 g/mol. The number of aliphatic hydroxyl groups is 1. The van der Waals surface area contributed by atoms with Crippen molar-refractivity contribution in [2.45, 2.75) is 39.3 Å². The number of fused-ring (bicyclic) bond motifs is 2. The van der Waals surface area contributed by atoms with E-state index in [1.54, 1.807) is 6.92 Å². The van der Waals surface area contributed by atoms with Crippen molar-refractivity contribution in [3.63, 3.8) is 0 Å². The largest absolute Gasteiger partial charge is 0.466 e. The fourth-order valence-corrected chi connectivity index (χ4v) is 5.43. The highest BCUT2D eigenvalue weighted by atomic mass is 16.5. The van der Waals surface area contributed by atoms with Crippen LogP contribution in [0.5, 0.6) is 0 Å². The number of esters is 1. The number of ether oxygens (including phenoxy) is 1. The number of anilines is 1. The number of nitrogens with one attached hydrogen (secondary N) is 1. The first-order valence-corrected chi connectivity index (χ1v) is 12.0. The number of allylic oxidation sites excluding steroid dienone is 1. The first-order valence-electron chi connectivity index (χ1n) is 12.0. The average Bonchev–Trinajstić information content (AvgIpc) is 3.12. The van der Waals surface area contributed by atoms with Crippen LogP contribution in [0.4, 0.5) is 5.69 Å². The van der Waals surface area contributed by atoms with Crippen LogP contribution in [0.2, 0.25) is 0 Å². The van der Waals surface area contributed by atoms with Crippen LogP contribution in [0, 0.1) is 23.7 Å². The molecule has 7 nitrogen and oxygen atoms in total. The van der Waals surface area contributed by atoms with E-state index < -0.39 is 35.8 Å². The Morgan fingerprint density at radius 2 is 1.85 bits per heavy atom. The Hall–Kier alpha value is -3.19. The molecule has 34 heavy (non-hydrogen) atoms. The van der Waals surface area contributed by atoms with Crippen LogP contribution >= 0.6 is 0 Å². The molecule has 1 saturated heterocycles. The number of likely N-dealkylation sites (tertiary alicyclic amines) is 1. The third-order valence-electron chi connectivity index (χ3n) is 7.13. The molecule has 2 aliphatic rings. The van der Waals surface area contributed by atoms with Gasteiger partial charge >= 0.3 is 5.97 Å². The Labute approximate surface area is 199 Å². The fraction of sp³-hybridized carbons (Fsp3) is 0.444. The van der Waals surface area contributed by atoms with E-state index in [9.17, 15) is 19.5 Å². The molecule has 6 atom stereocenters. The van der Waals surface area contributed by atoms with Gasteiger partial charge in [-0.3, -0.25) is 14.4 Å². The molecule has 0 radical (unpaired) electrons. The Bertz CT molecular complexity index is 1110. The van der Waals surface area contributed by atoms with Gasteiger partial charge in [0.1, 0.15) is 6.04 Å². The van der Waals surface area contributed by atoms with Crippen molar-refractivity contribution >= 4 is 34.2 Å². The molecule has 180 valence electrons. The second kappa shape index (κ2) is 9.97. The zero-order valence-corrected chi connectivity index (χ0v) is 19.8. The Balaban J connectivity index is 1.70. The van der Waals surface area contributed by atoms with Gasteiger partial charge in [-0.05, 0) is 42.2 Å². The molecule has 2 aromatic carbocycles. The van der Waals surface area contributed by atoms with E-state index in [1.807, 2.05) is 68.5 Å². The minimum atomic E-state index is -0.832. The van der Waals surface area contributed by atoms with Gasteiger partial charge < -0.3 is 20.1 Å². The highest BCUT2D eigenvalue weighted by molar-refractivity contribution is 6.02. The maximum atomic E-state index is 13.7. The van der Waals surface area contributed by atoms with Crippen molar-refractivity contribution in [2.24, 2.45) is 23.7 Å². The van der Waals surface area contributed by atoms with Gasteiger partial charge in [0, 0.05) is 11.6 Å².